The quantitative estimate of drug-likeness (QED) is 0.350. The number of thiocarbonyl (C=S) groups is 1. The average molecular weight is 393 g/mol. The van der Waals surface area contributed by atoms with Gasteiger partial charge in [-0.15, -0.1) is 0 Å². The third-order valence-electron chi connectivity index (χ3n) is 3.98. The summed E-state index contributed by atoms with van der Waals surface area (Å²) in [5.41, 5.74) is 1.94. The number of carbonyl (C=O) groups excluding carboxylic acids is 1. The number of thioether (sulfide) groups is 1. The first kappa shape index (κ1) is 20.5. The molecule has 1 fully saturated rings. The summed E-state index contributed by atoms with van der Waals surface area (Å²) < 4.78 is 0.282. The zero-order valence-corrected chi connectivity index (χ0v) is 16.5. The monoisotopic (exact) mass is 392 g/mol. The topological polar surface area (TPSA) is 69.6 Å². The van der Waals surface area contributed by atoms with E-state index in [4.69, 9.17) is 17.3 Å². The Kier molecular flexibility index (Phi) is 8.12. The van der Waals surface area contributed by atoms with Crippen molar-refractivity contribution in [2.45, 2.75) is 39.0 Å². The maximum Gasteiger partial charge on any atom is 0.323 e. The van der Waals surface area contributed by atoms with E-state index in [0.29, 0.717) is 4.91 Å². The molecule has 0 radical (unpaired) electrons. The van der Waals surface area contributed by atoms with Crippen LogP contribution in [0.15, 0.2) is 29.2 Å². The minimum atomic E-state index is -1.08. The van der Waals surface area contributed by atoms with Crippen molar-refractivity contribution >= 4 is 51.9 Å². The molecule has 1 heterocycles. The Hall–Kier alpha value is -1.86. The number of amides is 1. The number of carboxylic acids is 1. The highest BCUT2D eigenvalue weighted by Gasteiger charge is 2.33. The van der Waals surface area contributed by atoms with Crippen molar-refractivity contribution in [1.29, 1.82) is 0 Å². The smallest absolute Gasteiger partial charge is 0.323 e. The van der Waals surface area contributed by atoms with Gasteiger partial charge in [0, 0.05) is 12.2 Å². The number of rotatable bonds is 10. The Balaban J connectivity index is 1.88. The number of hydrogen-bond acceptors (Lipinski definition) is 5. The van der Waals surface area contributed by atoms with Gasteiger partial charge >= 0.3 is 5.97 Å². The van der Waals surface area contributed by atoms with E-state index >= 15 is 0 Å². The van der Waals surface area contributed by atoms with Gasteiger partial charge in [-0.25, -0.2) is 0 Å². The highest BCUT2D eigenvalue weighted by atomic mass is 32.2. The second kappa shape index (κ2) is 10.3. The molecule has 0 aromatic heterocycles. The molecular weight excluding hydrogens is 368 g/mol. The summed E-state index contributed by atoms with van der Waals surface area (Å²) in [6.07, 6.45) is 8.00. The first-order valence-electron chi connectivity index (χ1n) is 8.82. The molecule has 140 valence electrons. The molecule has 0 bridgehead atoms. The lowest BCUT2D eigenvalue weighted by Crippen LogP contribution is -2.33. The van der Waals surface area contributed by atoms with Crippen LogP contribution in [0.4, 0.5) is 5.69 Å². The molecule has 1 aromatic carbocycles. The van der Waals surface area contributed by atoms with Crippen molar-refractivity contribution in [3.05, 3.63) is 34.7 Å². The molecule has 26 heavy (non-hydrogen) atoms. The van der Waals surface area contributed by atoms with E-state index in [0.717, 1.165) is 40.9 Å². The lowest BCUT2D eigenvalue weighted by molar-refractivity contribution is -0.140. The van der Waals surface area contributed by atoms with Gasteiger partial charge in [0.15, 0.2) is 0 Å². The first-order valence-corrected chi connectivity index (χ1v) is 10.0. The Labute approximate surface area is 163 Å². The molecule has 0 unspecified atom stereocenters. The molecule has 2 rings (SSSR count). The minimum absolute atomic E-state index is 0.282. The first-order chi connectivity index (χ1) is 12.5. The van der Waals surface area contributed by atoms with Gasteiger partial charge in [-0.3, -0.25) is 14.5 Å². The third kappa shape index (κ3) is 6.14. The van der Waals surface area contributed by atoms with Gasteiger partial charge in [0.2, 0.25) is 0 Å². The summed E-state index contributed by atoms with van der Waals surface area (Å²) in [7, 11) is 0. The van der Waals surface area contributed by atoms with Crippen molar-refractivity contribution in [3.8, 4) is 0 Å². The van der Waals surface area contributed by atoms with Gasteiger partial charge in [-0.05, 0) is 30.2 Å². The molecule has 1 amide bonds. The van der Waals surface area contributed by atoms with Crippen LogP contribution in [-0.4, -0.2) is 39.3 Å². The average Bonchev–Trinajstić information content (AvgIpc) is 2.86. The van der Waals surface area contributed by atoms with Crippen molar-refractivity contribution in [2.24, 2.45) is 0 Å². The lowest BCUT2D eigenvalue weighted by Gasteiger charge is -2.10. The normalized spacial score (nSPS) is 15.7. The third-order valence-corrected chi connectivity index (χ3v) is 5.36. The maximum atomic E-state index is 12.2. The van der Waals surface area contributed by atoms with Crippen LogP contribution in [0.25, 0.3) is 6.08 Å². The number of aliphatic carboxylic acids is 1. The highest BCUT2D eigenvalue weighted by Crippen LogP contribution is 2.32. The molecular formula is C19H24N2O3S2. The number of anilines is 1. The Morgan fingerprint density at radius 1 is 1.23 bits per heavy atom. The van der Waals surface area contributed by atoms with E-state index in [1.807, 2.05) is 24.3 Å². The van der Waals surface area contributed by atoms with Gasteiger partial charge in [0.1, 0.15) is 10.9 Å². The van der Waals surface area contributed by atoms with Gasteiger partial charge in [-0.2, -0.15) is 0 Å². The Bertz CT molecular complexity index is 687. The molecule has 1 aromatic rings. The molecule has 0 saturated carbocycles. The number of nitrogens with one attached hydrogen (secondary N) is 1. The standard InChI is InChI=1S/C19H24N2O3S2/c1-2-3-4-5-6-11-20-15-9-7-14(8-10-15)12-16-18(24)21(13-17(22)23)19(25)26-16/h7-10,12,20H,2-6,11,13H2,1H3,(H,22,23). The maximum absolute atomic E-state index is 12.2. The van der Waals surface area contributed by atoms with Crippen LogP contribution in [0.2, 0.25) is 0 Å². The van der Waals surface area contributed by atoms with Crippen LogP contribution < -0.4 is 5.32 Å². The number of benzene rings is 1. The Morgan fingerprint density at radius 2 is 1.92 bits per heavy atom. The summed E-state index contributed by atoms with van der Waals surface area (Å²) in [4.78, 5) is 24.6. The van der Waals surface area contributed by atoms with E-state index in [1.165, 1.54) is 25.7 Å². The molecule has 1 aliphatic heterocycles. The van der Waals surface area contributed by atoms with Crippen LogP contribution in [0.1, 0.15) is 44.6 Å². The second-order valence-corrected chi connectivity index (χ2v) is 7.80. The molecule has 1 saturated heterocycles. The van der Waals surface area contributed by atoms with E-state index in [-0.39, 0.29) is 10.2 Å². The molecule has 0 atom stereocenters. The van der Waals surface area contributed by atoms with E-state index in [2.05, 4.69) is 12.2 Å². The second-order valence-electron chi connectivity index (χ2n) is 6.12. The summed E-state index contributed by atoms with van der Waals surface area (Å²) in [5.74, 6) is -1.43. The van der Waals surface area contributed by atoms with Crippen LogP contribution in [0.3, 0.4) is 0 Å². The lowest BCUT2D eigenvalue weighted by atomic mass is 10.1. The van der Waals surface area contributed by atoms with Crippen LogP contribution in [-0.2, 0) is 9.59 Å². The van der Waals surface area contributed by atoms with Gasteiger partial charge in [-0.1, -0.05) is 68.7 Å². The summed E-state index contributed by atoms with van der Waals surface area (Å²) in [6, 6.07) is 7.83. The molecule has 1 aliphatic rings. The van der Waals surface area contributed by atoms with Crippen LogP contribution in [0, 0.1) is 0 Å². The minimum Gasteiger partial charge on any atom is -0.480 e. The van der Waals surface area contributed by atoms with Crippen molar-refractivity contribution in [3.63, 3.8) is 0 Å². The number of nitrogens with zero attached hydrogens (tertiary/aromatic N) is 1. The zero-order chi connectivity index (χ0) is 18.9. The van der Waals surface area contributed by atoms with Crippen molar-refractivity contribution in [1.82, 2.24) is 4.90 Å². The molecule has 7 heteroatoms. The van der Waals surface area contributed by atoms with Gasteiger partial charge < -0.3 is 10.4 Å². The van der Waals surface area contributed by atoms with E-state index in [9.17, 15) is 9.59 Å². The Morgan fingerprint density at radius 3 is 2.58 bits per heavy atom. The summed E-state index contributed by atoms with van der Waals surface area (Å²) >= 11 is 6.23. The zero-order valence-electron chi connectivity index (χ0n) is 14.9. The predicted octanol–water partition coefficient (Wildman–Crippen LogP) is 4.35. The molecule has 5 nitrogen and oxygen atoms in total. The summed E-state index contributed by atoms with van der Waals surface area (Å²) in [5, 5.41) is 12.3. The van der Waals surface area contributed by atoms with Crippen LogP contribution >= 0.6 is 24.0 Å². The molecule has 0 spiro atoms. The van der Waals surface area contributed by atoms with Crippen molar-refractivity contribution < 1.29 is 14.7 Å². The predicted molar refractivity (Wildman–Crippen MR) is 111 cm³/mol. The van der Waals surface area contributed by atoms with E-state index in [1.54, 1.807) is 6.08 Å². The largest absolute Gasteiger partial charge is 0.480 e. The fraction of sp³-hybridized carbons (Fsp3) is 0.421. The molecule has 0 aliphatic carbocycles. The fourth-order valence-corrected chi connectivity index (χ4v) is 3.84. The van der Waals surface area contributed by atoms with Crippen LogP contribution in [0.5, 0.6) is 0 Å². The molecule has 2 N–H and O–H groups in total. The fourth-order valence-electron chi connectivity index (χ4n) is 2.58. The van der Waals surface area contributed by atoms with Gasteiger partial charge in [0.05, 0.1) is 4.91 Å². The number of carboxylic acid groups (broad SMARTS) is 1. The van der Waals surface area contributed by atoms with Crippen molar-refractivity contribution in [2.75, 3.05) is 18.4 Å². The number of carbonyl (C=O) groups is 2. The highest BCUT2D eigenvalue weighted by molar-refractivity contribution is 8.26. The number of hydrogen-bond donors (Lipinski definition) is 2. The van der Waals surface area contributed by atoms with Gasteiger partial charge in [0.25, 0.3) is 5.91 Å². The number of unbranched alkanes of at least 4 members (excludes halogenated alkanes) is 4. The summed E-state index contributed by atoms with van der Waals surface area (Å²) in [6.45, 7) is 2.77. The van der Waals surface area contributed by atoms with E-state index < -0.39 is 12.5 Å². The SMILES string of the molecule is CCCCCCCNc1ccc(C=C2SC(=S)N(CC(=O)O)C2=O)cc1.